The maximum absolute atomic E-state index is 12.0. The second kappa shape index (κ2) is 9.12. The molecule has 1 N–H and O–H groups in total. The van der Waals surface area contributed by atoms with E-state index in [0.717, 1.165) is 0 Å². The molecule has 0 saturated carbocycles. The van der Waals surface area contributed by atoms with Gasteiger partial charge in [-0.15, -0.1) is 0 Å². The molecule has 1 aromatic rings. The van der Waals surface area contributed by atoms with Crippen molar-refractivity contribution in [3.8, 4) is 17.2 Å². The lowest BCUT2D eigenvalue weighted by molar-refractivity contribution is -0.150. The third-order valence-corrected chi connectivity index (χ3v) is 3.26. The summed E-state index contributed by atoms with van der Waals surface area (Å²) < 4.78 is 20.9. The minimum absolute atomic E-state index is 0.355. The largest absolute Gasteiger partial charge is 0.493 e. The number of hydrogen-bond acceptors (Lipinski definition) is 6. The number of carbonyl (C=O) groups is 2. The van der Waals surface area contributed by atoms with Crippen LogP contribution in [0.15, 0.2) is 18.2 Å². The molecule has 1 aromatic carbocycles. The number of ether oxygens (including phenoxy) is 4. The Morgan fingerprint density at radius 2 is 1.58 bits per heavy atom. The molecule has 0 aromatic heterocycles. The molecule has 0 aliphatic rings. The van der Waals surface area contributed by atoms with E-state index in [-0.39, 0.29) is 5.91 Å². The van der Waals surface area contributed by atoms with E-state index in [2.05, 4.69) is 5.32 Å². The molecule has 26 heavy (non-hydrogen) atoms. The molecule has 0 bridgehead atoms. The smallest absolute Gasteiger partial charge is 0.331 e. The third kappa shape index (κ3) is 6.31. The van der Waals surface area contributed by atoms with E-state index in [1.54, 1.807) is 18.2 Å². The molecule has 0 radical (unpaired) electrons. The van der Waals surface area contributed by atoms with Gasteiger partial charge in [0.05, 0.1) is 21.3 Å². The second-order valence-corrected chi connectivity index (χ2v) is 6.61. The summed E-state index contributed by atoms with van der Waals surface area (Å²) in [5.74, 6) is 0.417. The fourth-order valence-electron chi connectivity index (χ4n) is 2.10. The van der Waals surface area contributed by atoms with Crippen LogP contribution in [0.5, 0.6) is 17.2 Å². The molecule has 0 fully saturated rings. The van der Waals surface area contributed by atoms with Gasteiger partial charge in [-0.25, -0.2) is 4.79 Å². The highest BCUT2D eigenvalue weighted by molar-refractivity contribution is 5.90. The molecule has 7 nitrogen and oxygen atoms in total. The van der Waals surface area contributed by atoms with E-state index < -0.39 is 17.6 Å². The lowest BCUT2D eigenvalue weighted by Crippen LogP contribution is -2.46. The summed E-state index contributed by atoms with van der Waals surface area (Å²) in [6, 6.07) is 3.39. The van der Waals surface area contributed by atoms with E-state index in [9.17, 15) is 9.59 Å². The van der Waals surface area contributed by atoms with E-state index in [0.29, 0.717) is 22.8 Å². The SMILES string of the molecule is COc1cc(/C=C/C(=O)OC(C)C(=O)NC(C)(C)C)cc(OC)c1OC. The molecule has 0 spiro atoms. The van der Waals surface area contributed by atoms with Crippen molar-refractivity contribution in [2.24, 2.45) is 0 Å². The van der Waals surface area contributed by atoms with Gasteiger partial charge in [-0.1, -0.05) is 0 Å². The maximum Gasteiger partial charge on any atom is 0.331 e. The molecule has 7 heteroatoms. The zero-order valence-electron chi connectivity index (χ0n) is 16.3. The molecule has 0 heterocycles. The number of nitrogens with one attached hydrogen (secondary N) is 1. The van der Waals surface area contributed by atoms with E-state index >= 15 is 0 Å². The van der Waals surface area contributed by atoms with Gasteiger partial charge in [0.25, 0.3) is 5.91 Å². The molecule has 1 rings (SSSR count). The number of esters is 1. The van der Waals surface area contributed by atoms with Crippen molar-refractivity contribution < 1.29 is 28.5 Å². The minimum atomic E-state index is -0.897. The Balaban J connectivity index is 2.84. The summed E-state index contributed by atoms with van der Waals surface area (Å²) >= 11 is 0. The zero-order valence-corrected chi connectivity index (χ0v) is 16.3. The highest BCUT2D eigenvalue weighted by Crippen LogP contribution is 2.38. The van der Waals surface area contributed by atoms with E-state index in [1.165, 1.54) is 34.3 Å². The standard InChI is InChI=1S/C19H27NO6/c1-12(18(22)20-19(2,3)4)26-16(21)9-8-13-10-14(23-5)17(25-7)15(11-13)24-6/h8-12H,1-7H3,(H,20,22)/b9-8+. The van der Waals surface area contributed by atoms with Crippen LogP contribution in [-0.2, 0) is 14.3 Å². The molecular formula is C19H27NO6. The first-order valence-corrected chi connectivity index (χ1v) is 8.12. The van der Waals surface area contributed by atoms with Gasteiger partial charge in [0, 0.05) is 11.6 Å². The van der Waals surface area contributed by atoms with Crippen molar-refractivity contribution in [1.29, 1.82) is 0 Å². The van der Waals surface area contributed by atoms with Crippen molar-refractivity contribution in [2.75, 3.05) is 21.3 Å². The van der Waals surface area contributed by atoms with Crippen LogP contribution in [0.4, 0.5) is 0 Å². The second-order valence-electron chi connectivity index (χ2n) is 6.61. The first-order valence-electron chi connectivity index (χ1n) is 8.12. The monoisotopic (exact) mass is 365 g/mol. The van der Waals surface area contributed by atoms with Crippen LogP contribution >= 0.6 is 0 Å². The maximum atomic E-state index is 12.0. The molecular weight excluding hydrogens is 338 g/mol. The van der Waals surface area contributed by atoms with Gasteiger partial charge in [0.2, 0.25) is 5.75 Å². The van der Waals surface area contributed by atoms with Crippen LogP contribution in [-0.4, -0.2) is 44.8 Å². The summed E-state index contributed by atoms with van der Waals surface area (Å²) in [5.41, 5.74) is 0.257. The Labute approximate surface area is 154 Å². The number of carbonyl (C=O) groups excluding carboxylic acids is 2. The summed E-state index contributed by atoms with van der Waals surface area (Å²) in [6.07, 6.45) is 1.88. The third-order valence-electron chi connectivity index (χ3n) is 3.26. The molecule has 0 aliphatic heterocycles. The number of benzene rings is 1. The van der Waals surface area contributed by atoms with Crippen LogP contribution in [0.1, 0.15) is 33.3 Å². The Hall–Kier alpha value is -2.70. The van der Waals surface area contributed by atoms with Crippen molar-refractivity contribution in [1.82, 2.24) is 5.32 Å². The average Bonchev–Trinajstić information content (AvgIpc) is 2.57. The Morgan fingerprint density at radius 3 is 2.00 bits per heavy atom. The first-order chi connectivity index (χ1) is 12.1. The van der Waals surface area contributed by atoms with Crippen LogP contribution in [0.25, 0.3) is 6.08 Å². The Kier molecular flexibility index (Phi) is 7.49. The highest BCUT2D eigenvalue weighted by atomic mass is 16.5. The Morgan fingerprint density at radius 1 is 1.04 bits per heavy atom. The summed E-state index contributed by atoms with van der Waals surface area (Å²) in [6.45, 7) is 7.07. The van der Waals surface area contributed by atoms with Crippen molar-refractivity contribution in [3.63, 3.8) is 0 Å². The van der Waals surface area contributed by atoms with Gasteiger partial charge >= 0.3 is 5.97 Å². The summed E-state index contributed by atoms with van der Waals surface area (Å²) in [5, 5.41) is 2.75. The molecule has 1 amide bonds. The molecule has 0 aliphatic carbocycles. The van der Waals surface area contributed by atoms with Gasteiger partial charge in [0.1, 0.15) is 0 Å². The van der Waals surface area contributed by atoms with Crippen LogP contribution in [0, 0.1) is 0 Å². The van der Waals surface area contributed by atoms with E-state index in [1.807, 2.05) is 20.8 Å². The predicted octanol–water partition coefficient (Wildman–Crippen LogP) is 2.57. The molecule has 1 atom stereocenters. The van der Waals surface area contributed by atoms with E-state index in [4.69, 9.17) is 18.9 Å². The average molecular weight is 365 g/mol. The number of rotatable bonds is 7. The molecule has 1 unspecified atom stereocenters. The normalized spacial score (nSPS) is 12.4. The van der Waals surface area contributed by atoms with Crippen LogP contribution in [0.2, 0.25) is 0 Å². The number of methoxy groups -OCH3 is 3. The summed E-state index contributed by atoms with van der Waals surface area (Å²) in [4.78, 5) is 23.9. The van der Waals surface area contributed by atoms with Crippen molar-refractivity contribution in [3.05, 3.63) is 23.8 Å². The van der Waals surface area contributed by atoms with Gasteiger partial charge in [0.15, 0.2) is 17.6 Å². The zero-order chi connectivity index (χ0) is 19.9. The molecule has 0 saturated heterocycles. The number of amides is 1. The predicted molar refractivity (Wildman–Crippen MR) is 98.6 cm³/mol. The van der Waals surface area contributed by atoms with Gasteiger partial charge in [-0.05, 0) is 51.5 Å². The van der Waals surface area contributed by atoms with Crippen LogP contribution in [0.3, 0.4) is 0 Å². The molecule has 144 valence electrons. The Bertz CT molecular complexity index is 650. The quantitative estimate of drug-likeness (QED) is 0.591. The van der Waals surface area contributed by atoms with Crippen molar-refractivity contribution in [2.45, 2.75) is 39.3 Å². The lowest BCUT2D eigenvalue weighted by atomic mass is 10.1. The highest BCUT2D eigenvalue weighted by Gasteiger charge is 2.21. The topological polar surface area (TPSA) is 83.1 Å². The van der Waals surface area contributed by atoms with Crippen molar-refractivity contribution >= 4 is 18.0 Å². The minimum Gasteiger partial charge on any atom is -0.493 e. The van der Waals surface area contributed by atoms with Crippen LogP contribution < -0.4 is 19.5 Å². The van der Waals surface area contributed by atoms with Gasteiger partial charge < -0.3 is 24.3 Å². The summed E-state index contributed by atoms with van der Waals surface area (Å²) in [7, 11) is 4.53. The van der Waals surface area contributed by atoms with Gasteiger partial charge in [-0.3, -0.25) is 4.79 Å². The fourth-order valence-corrected chi connectivity index (χ4v) is 2.10. The van der Waals surface area contributed by atoms with Gasteiger partial charge in [-0.2, -0.15) is 0 Å². The number of hydrogen-bond donors (Lipinski definition) is 1. The lowest BCUT2D eigenvalue weighted by Gasteiger charge is -2.22. The fraction of sp³-hybridized carbons (Fsp3) is 0.474. The first kappa shape index (κ1) is 21.3.